The number of furan rings is 1. The molecule has 1 heterocycles. The minimum absolute atomic E-state index is 0.118. The van der Waals surface area contributed by atoms with Gasteiger partial charge >= 0.3 is 0 Å². The Morgan fingerprint density at radius 1 is 1.09 bits per heavy atom. The first-order chi connectivity index (χ1) is 10.0. The SMILES string of the molecule is C=Cc1c(/C=C(\C)C(C)(C)C)oc2cc(C(C)(C)C)ccc12. The van der Waals surface area contributed by atoms with Crippen molar-refractivity contribution in [2.45, 2.75) is 53.9 Å². The maximum Gasteiger partial charge on any atom is 0.135 e. The maximum absolute atomic E-state index is 6.14. The molecule has 0 spiro atoms. The van der Waals surface area contributed by atoms with Crippen molar-refractivity contribution in [1.82, 2.24) is 0 Å². The molecule has 0 amide bonds. The second-order valence-corrected chi connectivity index (χ2v) is 8.12. The zero-order chi connectivity index (χ0) is 16.7. The van der Waals surface area contributed by atoms with Gasteiger partial charge < -0.3 is 4.42 Å². The normalized spacial score (nSPS) is 13.7. The third-order valence-electron chi connectivity index (χ3n) is 4.36. The van der Waals surface area contributed by atoms with Crippen molar-refractivity contribution in [3.8, 4) is 0 Å². The van der Waals surface area contributed by atoms with Crippen LogP contribution in [0.3, 0.4) is 0 Å². The molecule has 1 nitrogen and oxygen atoms in total. The lowest BCUT2D eigenvalue weighted by Gasteiger charge is -2.19. The van der Waals surface area contributed by atoms with Crippen LogP contribution in [0.2, 0.25) is 0 Å². The van der Waals surface area contributed by atoms with Crippen molar-refractivity contribution in [1.29, 1.82) is 0 Å². The lowest BCUT2D eigenvalue weighted by atomic mass is 9.86. The van der Waals surface area contributed by atoms with Crippen LogP contribution in [-0.2, 0) is 5.41 Å². The lowest BCUT2D eigenvalue weighted by Crippen LogP contribution is -2.10. The molecule has 0 saturated carbocycles. The summed E-state index contributed by atoms with van der Waals surface area (Å²) in [6.45, 7) is 19.4. The summed E-state index contributed by atoms with van der Waals surface area (Å²) in [4.78, 5) is 0. The van der Waals surface area contributed by atoms with Gasteiger partial charge in [-0.15, -0.1) is 0 Å². The summed E-state index contributed by atoms with van der Waals surface area (Å²) in [7, 11) is 0. The summed E-state index contributed by atoms with van der Waals surface area (Å²) >= 11 is 0. The number of hydrogen-bond acceptors (Lipinski definition) is 1. The molecule has 22 heavy (non-hydrogen) atoms. The number of rotatable bonds is 2. The molecule has 0 unspecified atom stereocenters. The molecule has 2 aromatic rings. The van der Waals surface area contributed by atoms with E-state index in [2.05, 4.69) is 79.3 Å². The molecule has 1 aromatic heterocycles. The first kappa shape index (κ1) is 16.6. The van der Waals surface area contributed by atoms with Gasteiger partial charge in [0.1, 0.15) is 11.3 Å². The van der Waals surface area contributed by atoms with Gasteiger partial charge in [-0.3, -0.25) is 0 Å². The summed E-state index contributed by atoms with van der Waals surface area (Å²) in [5.74, 6) is 0.906. The topological polar surface area (TPSA) is 13.1 Å². The summed E-state index contributed by atoms with van der Waals surface area (Å²) in [6.07, 6.45) is 4.04. The predicted octanol–water partition coefficient (Wildman–Crippen LogP) is 6.82. The van der Waals surface area contributed by atoms with Crippen LogP contribution in [0.25, 0.3) is 23.1 Å². The molecule has 0 radical (unpaired) electrons. The van der Waals surface area contributed by atoms with E-state index < -0.39 is 0 Å². The number of benzene rings is 1. The largest absolute Gasteiger partial charge is 0.456 e. The zero-order valence-corrected chi connectivity index (χ0v) is 15.0. The van der Waals surface area contributed by atoms with Crippen LogP contribution in [0.5, 0.6) is 0 Å². The van der Waals surface area contributed by atoms with Gasteiger partial charge in [0.2, 0.25) is 0 Å². The highest BCUT2D eigenvalue weighted by molar-refractivity contribution is 5.91. The molecule has 0 aliphatic heterocycles. The van der Waals surface area contributed by atoms with Crippen LogP contribution < -0.4 is 0 Å². The van der Waals surface area contributed by atoms with Gasteiger partial charge in [-0.05, 0) is 35.5 Å². The Kier molecular flexibility index (Phi) is 4.12. The molecule has 0 aliphatic rings. The van der Waals surface area contributed by atoms with Crippen LogP contribution in [0.1, 0.15) is 65.4 Å². The van der Waals surface area contributed by atoms with E-state index in [4.69, 9.17) is 4.42 Å². The quantitative estimate of drug-likeness (QED) is 0.592. The van der Waals surface area contributed by atoms with E-state index in [1.165, 1.54) is 11.1 Å². The lowest BCUT2D eigenvalue weighted by molar-refractivity contribution is 0.505. The van der Waals surface area contributed by atoms with Crippen molar-refractivity contribution in [2.24, 2.45) is 5.41 Å². The van der Waals surface area contributed by atoms with Crippen LogP contribution in [0, 0.1) is 5.41 Å². The van der Waals surface area contributed by atoms with E-state index in [-0.39, 0.29) is 10.8 Å². The molecule has 0 saturated heterocycles. The van der Waals surface area contributed by atoms with Gasteiger partial charge in [0.15, 0.2) is 0 Å². The second-order valence-electron chi connectivity index (χ2n) is 8.12. The molecule has 0 atom stereocenters. The molecular weight excluding hydrogens is 268 g/mol. The fourth-order valence-electron chi connectivity index (χ4n) is 2.33. The summed E-state index contributed by atoms with van der Waals surface area (Å²) in [5.41, 5.74) is 4.85. The van der Waals surface area contributed by atoms with E-state index in [9.17, 15) is 0 Å². The fourth-order valence-corrected chi connectivity index (χ4v) is 2.33. The van der Waals surface area contributed by atoms with Gasteiger partial charge in [0, 0.05) is 10.9 Å². The third kappa shape index (κ3) is 3.19. The van der Waals surface area contributed by atoms with E-state index in [1.807, 2.05) is 6.08 Å². The maximum atomic E-state index is 6.14. The molecule has 0 fully saturated rings. The van der Waals surface area contributed by atoms with Gasteiger partial charge in [0.05, 0.1) is 0 Å². The minimum atomic E-state index is 0.118. The van der Waals surface area contributed by atoms with Crippen LogP contribution in [-0.4, -0.2) is 0 Å². The highest BCUT2D eigenvalue weighted by atomic mass is 16.3. The first-order valence-corrected chi connectivity index (χ1v) is 7.92. The fraction of sp³-hybridized carbons (Fsp3) is 0.429. The smallest absolute Gasteiger partial charge is 0.135 e. The van der Waals surface area contributed by atoms with Crippen LogP contribution >= 0.6 is 0 Å². The Morgan fingerprint density at radius 3 is 2.23 bits per heavy atom. The van der Waals surface area contributed by atoms with Crippen molar-refractivity contribution in [3.05, 3.63) is 47.2 Å². The van der Waals surface area contributed by atoms with E-state index in [0.717, 1.165) is 22.3 Å². The number of fused-ring (bicyclic) bond motifs is 1. The molecule has 1 aromatic carbocycles. The average molecular weight is 296 g/mol. The average Bonchev–Trinajstić information content (AvgIpc) is 2.72. The van der Waals surface area contributed by atoms with Gasteiger partial charge in [-0.2, -0.15) is 0 Å². The molecule has 0 bridgehead atoms. The Labute approximate surface area is 134 Å². The predicted molar refractivity (Wildman–Crippen MR) is 98.1 cm³/mol. The van der Waals surface area contributed by atoms with Crippen molar-refractivity contribution in [3.63, 3.8) is 0 Å². The molecule has 0 aliphatic carbocycles. The van der Waals surface area contributed by atoms with Gasteiger partial charge in [0.25, 0.3) is 0 Å². The highest BCUT2D eigenvalue weighted by Gasteiger charge is 2.18. The molecule has 2 rings (SSSR count). The molecular formula is C21H28O. The van der Waals surface area contributed by atoms with Crippen molar-refractivity contribution < 1.29 is 4.42 Å². The molecule has 0 N–H and O–H groups in total. The number of hydrogen-bond donors (Lipinski definition) is 0. The van der Waals surface area contributed by atoms with Crippen LogP contribution in [0.4, 0.5) is 0 Å². The van der Waals surface area contributed by atoms with E-state index >= 15 is 0 Å². The van der Waals surface area contributed by atoms with E-state index in [1.54, 1.807) is 0 Å². The number of allylic oxidation sites excluding steroid dienone is 1. The van der Waals surface area contributed by atoms with Gasteiger partial charge in [-0.1, -0.05) is 71.9 Å². The summed E-state index contributed by atoms with van der Waals surface area (Å²) in [5, 5.41) is 1.14. The highest BCUT2D eigenvalue weighted by Crippen LogP contribution is 2.34. The van der Waals surface area contributed by atoms with Crippen molar-refractivity contribution >= 4 is 23.1 Å². The summed E-state index contributed by atoms with van der Waals surface area (Å²) in [6, 6.07) is 6.50. The first-order valence-electron chi connectivity index (χ1n) is 7.92. The zero-order valence-electron chi connectivity index (χ0n) is 15.0. The Hall–Kier alpha value is -1.76. The molecule has 118 valence electrons. The third-order valence-corrected chi connectivity index (χ3v) is 4.36. The standard InChI is InChI=1S/C21H28O/c1-9-16-17-11-10-15(21(6,7)8)13-19(17)22-18(16)12-14(2)20(3,4)5/h9-13H,1H2,2-8H3/b14-12+. The molecule has 1 heteroatoms. The summed E-state index contributed by atoms with van der Waals surface area (Å²) < 4.78 is 6.14. The van der Waals surface area contributed by atoms with Gasteiger partial charge in [-0.25, -0.2) is 0 Å². The Balaban J connectivity index is 2.64. The monoisotopic (exact) mass is 296 g/mol. The second kappa shape index (κ2) is 5.46. The Bertz CT molecular complexity index is 728. The van der Waals surface area contributed by atoms with E-state index in [0.29, 0.717) is 0 Å². The van der Waals surface area contributed by atoms with Crippen LogP contribution in [0.15, 0.2) is 34.8 Å². The van der Waals surface area contributed by atoms with Crippen molar-refractivity contribution in [2.75, 3.05) is 0 Å². The Morgan fingerprint density at radius 2 is 1.73 bits per heavy atom. The minimum Gasteiger partial charge on any atom is -0.456 e.